The summed E-state index contributed by atoms with van der Waals surface area (Å²) < 4.78 is 35.4. The van der Waals surface area contributed by atoms with E-state index in [4.69, 9.17) is 5.14 Å². The van der Waals surface area contributed by atoms with E-state index in [2.05, 4.69) is 4.72 Å². The van der Waals surface area contributed by atoms with Crippen LogP contribution in [0.5, 0.6) is 0 Å². The molecule has 0 atom stereocenters. The second-order valence-corrected chi connectivity index (χ2v) is 3.87. The van der Waals surface area contributed by atoms with Gasteiger partial charge in [-0.05, 0) is 17.7 Å². The predicted molar refractivity (Wildman–Crippen MR) is 46.3 cm³/mol. The maximum absolute atomic E-state index is 12.4. The lowest BCUT2D eigenvalue weighted by Crippen LogP contribution is -2.30. The van der Waals surface area contributed by atoms with Crippen LogP contribution in [0.25, 0.3) is 0 Å². The van der Waals surface area contributed by atoms with Crippen molar-refractivity contribution in [3.05, 3.63) is 35.6 Å². The number of rotatable bonds is 3. The monoisotopic (exact) mass is 204 g/mol. The predicted octanol–water partition coefficient (Wildman–Crippen LogP) is 0.119. The molecule has 1 aromatic rings. The number of halogens is 1. The highest BCUT2D eigenvalue weighted by molar-refractivity contribution is 7.87. The molecule has 0 aliphatic rings. The minimum atomic E-state index is -3.68. The van der Waals surface area contributed by atoms with Gasteiger partial charge < -0.3 is 0 Å². The molecule has 13 heavy (non-hydrogen) atoms. The Balaban J connectivity index is 2.61. The molecule has 0 radical (unpaired) electrons. The summed E-state index contributed by atoms with van der Waals surface area (Å²) in [4.78, 5) is 0. The molecule has 0 saturated carbocycles. The average molecular weight is 204 g/mol. The number of nitrogens with one attached hydrogen (secondary N) is 1. The normalized spacial score (nSPS) is 11.5. The van der Waals surface area contributed by atoms with Crippen LogP contribution in [-0.4, -0.2) is 8.42 Å². The number of benzene rings is 1. The Kier molecular flexibility index (Phi) is 2.97. The van der Waals surface area contributed by atoms with Gasteiger partial charge in [0.25, 0.3) is 10.2 Å². The van der Waals surface area contributed by atoms with Crippen LogP contribution in [0.4, 0.5) is 4.39 Å². The molecule has 4 nitrogen and oxygen atoms in total. The zero-order valence-corrected chi connectivity index (χ0v) is 7.51. The number of hydrogen-bond acceptors (Lipinski definition) is 2. The van der Waals surface area contributed by atoms with Crippen molar-refractivity contribution in [2.45, 2.75) is 6.54 Å². The maximum atomic E-state index is 12.4. The van der Waals surface area contributed by atoms with E-state index in [1.54, 1.807) is 0 Å². The van der Waals surface area contributed by atoms with Crippen LogP contribution in [-0.2, 0) is 16.8 Å². The van der Waals surface area contributed by atoms with Gasteiger partial charge in [-0.25, -0.2) is 9.53 Å². The molecule has 0 aliphatic heterocycles. The minimum Gasteiger partial charge on any atom is -0.216 e. The zero-order valence-electron chi connectivity index (χ0n) is 6.70. The van der Waals surface area contributed by atoms with Crippen molar-refractivity contribution in [2.24, 2.45) is 5.14 Å². The summed E-state index contributed by atoms with van der Waals surface area (Å²) in [6.07, 6.45) is 0. The zero-order chi connectivity index (χ0) is 9.90. The molecule has 0 amide bonds. The van der Waals surface area contributed by atoms with Crippen LogP contribution in [0.3, 0.4) is 0 Å². The Morgan fingerprint density at radius 1 is 1.31 bits per heavy atom. The van der Waals surface area contributed by atoms with E-state index in [0.717, 1.165) is 0 Å². The summed E-state index contributed by atoms with van der Waals surface area (Å²) in [7, 11) is -3.68. The topological polar surface area (TPSA) is 72.2 Å². The van der Waals surface area contributed by atoms with Crippen LogP contribution >= 0.6 is 0 Å². The lowest BCUT2D eigenvalue weighted by Gasteiger charge is -2.01. The van der Waals surface area contributed by atoms with Gasteiger partial charge in [0, 0.05) is 6.54 Å². The second kappa shape index (κ2) is 3.82. The summed E-state index contributed by atoms with van der Waals surface area (Å²) in [5, 5.41) is 4.70. The maximum Gasteiger partial charge on any atom is 0.274 e. The molecule has 6 heteroatoms. The van der Waals surface area contributed by atoms with Crippen LogP contribution in [0, 0.1) is 5.82 Å². The largest absolute Gasteiger partial charge is 0.274 e. The molecule has 0 aliphatic carbocycles. The van der Waals surface area contributed by atoms with Gasteiger partial charge in [0.2, 0.25) is 0 Å². The van der Waals surface area contributed by atoms with Crippen molar-refractivity contribution in [1.82, 2.24) is 4.72 Å². The summed E-state index contributed by atoms with van der Waals surface area (Å²) in [6.45, 7) is 0.0686. The lowest BCUT2D eigenvalue weighted by molar-refractivity contribution is 0.583. The van der Waals surface area contributed by atoms with Crippen molar-refractivity contribution >= 4 is 10.2 Å². The average Bonchev–Trinajstić information content (AvgIpc) is 2.02. The first-order valence-corrected chi connectivity index (χ1v) is 5.04. The quantitative estimate of drug-likeness (QED) is 0.734. The van der Waals surface area contributed by atoms with E-state index >= 15 is 0 Å². The first-order valence-electron chi connectivity index (χ1n) is 3.49. The smallest absolute Gasteiger partial charge is 0.216 e. The van der Waals surface area contributed by atoms with Crippen molar-refractivity contribution in [3.63, 3.8) is 0 Å². The van der Waals surface area contributed by atoms with Crippen molar-refractivity contribution in [1.29, 1.82) is 0 Å². The molecular weight excluding hydrogens is 195 g/mol. The van der Waals surface area contributed by atoms with Gasteiger partial charge in [0.15, 0.2) is 0 Å². The van der Waals surface area contributed by atoms with Crippen molar-refractivity contribution in [3.8, 4) is 0 Å². The van der Waals surface area contributed by atoms with Gasteiger partial charge in [-0.15, -0.1) is 0 Å². The summed E-state index contributed by atoms with van der Waals surface area (Å²) in [6, 6.07) is 5.46. The Hall–Kier alpha value is -0.980. The van der Waals surface area contributed by atoms with E-state index in [-0.39, 0.29) is 12.4 Å². The molecule has 0 bridgehead atoms. The first-order chi connectivity index (χ1) is 5.97. The molecule has 0 unspecified atom stereocenters. The van der Waals surface area contributed by atoms with Crippen molar-refractivity contribution in [2.75, 3.05) is 0 Å². The highest BCUT2D eigenvalue weighted by Crippen LogP contribution is 2.01. The summed E-state index contributed by atoms with van der Waals surface area (Å²) >= 11 is 0. The third kappa shape index (κ3) is 3.97. The van der Waals surface area contributed by atoms with Crippen LogP contribution in [0.1, 0.15) is 5.56 Å². The minimum absolute atomic E-state index is 0.0686. The highest BCUT2D eigenvalue weighted by Gasteiger charge is 2.00. The summed E-state index contributed by atoms with van der Waals surface area (Å²) in [5.74, 6) is -0.362. The fraction of sp³-hybridized carbons (Fsp3) is 0.143. The van der Waals surface area contributed by atoms with Gasteiger partial charge in [0.1, 0.15) is 5.82 Å². The highest BCUT2D eigenvalue weighted by atomic mass is 32.2. The molecule has 1 aromatic carbocycles. The van der Waals surface area contributed by atoms with Crippen LogP contribution in [0.15, 0.2) is 24.3 Å². The molecular formula is C7H9FN2O2S. The van der Waals surface area contributed by atoms with Crippen LogP contribution < -0.4 is 9.86 Å². The number of nitrogens with two attached hydrogens (primary N) is 1. The molecule has 72 valence electrons. The summed E-state index contributed by atoms with van der Waals surface area (Å²) in [5.41, 5.74) is 0.649. The molecule has 0 saturated heterocycles. The van der Waals surface area contributed by atoms with Gasteiger partial charge in [-0.3, -0.25) is 0 Å². The molecule has 0 spiro atoms. The third-order valence-electron chi connectivity index (χ3n) is 1.39. The van der Waals surface area contributed by atoms with Gasteiger partial charge in [0.05, 0.1) is 0 Å². The molecule has 1 rings (SSSR count). The lowest BCUT2D eigenvalue weighted by atomic mass is 10.2. The Morgan fingerprint density at radius 2 is 1.85 bits per heavy atom. The van der Waals surface area contributed by atoms with E-state index in [1.165, 1.54) is 24.3 Å². The Bertz CT molecular complexity index is 374. The van der Waals surface area contributed by atoms with Crippen molar-refractivity contribution < 1.29 is 12.8 Å². The molecule has 0 fully saturated rings. The van der Waals surface area contributed by atoms with Gasteiger partial charge in [-0.2, -0.15) is 13.1 Å². The Morgan fingerprint density at radius 3 is 2.31 bits per heavy atom. The molecule has 0 aromatic heterocycles. The number of hydrogen-bond donors (Lipinski definition) is 2. The molecule has 3 N–H and O–H groups in total. The van der Waals surface area contributed by atoms with E-state index < -0.39 is 10.2 Å². The second-order valence-electron chi connectivity index (χ2n) is 2.49. The van der Waals surface area contributed by atoms with E-state index in [9.17, 15) is 12.8 Å². The van der Waals surface area contributed by atoms with E-state index in [0.29, 0.717) is 5.56 Å². The van der Waals surface area contributed by atoms with Crippen LogP contribution in [0.2, 0.25) is 0 Å². The van der Waals surface area contributed by atoms with Gasteiger partial charge >= 0.3 is 0 Å². The fourth-order valence-corrected chi connectivity index (χ4v) is 1.15. The Labute approximate surface area is 75.7 Å². The van der Waals surface area contributed by atoms with Gasteiger partial charge in [-0.1, -0.05) is 12.1 Å². The standard InChI is InChI=1S/C7H9FN2O2S/c8-7-3-1-6(2-4-7)5-10-13(9,11)12/h1-4,10H,5H2,(H2,9,11,12). The van der Waals surface area contributed by atoms with E-state index in [1.807, 2.05) is 0 Å². The third-order valence-corrected chi connectivity index (χ3v) is 1.94. The molecule has 0 heterocycles. The SMILES string of the molecule is NS(=O)(=O)NCc1ccc(F)cc1. The fourth-order valence-electron chi connectivity index (χ4n) is 0.786. The first kappa shape index (κ1) is 10.1.